The van der Waals surface area contributed by atoms with Gasteiger partial charge in [-0.3, -0.25) is 9.59 Å². The van der Waals surface area contributed by atoms with Gasteiger partial charge in [0.05, 0.1) is 5.75 Å². The van der Waals surface area contributed by atoms with Crippen LogP contribution in [-0.4, -0.2) is 34.6 Å². The molecule has 1 aliphatic rings. The lowest BCUT2D eigenvalue weighted by Gasteiger charge is -2.31. The monoisotopic (exact) mass is 486 g/mol. The van der Waals surface area contributed by atoms with E-state index >= 15 is 0 Å². The number of carbonyl (C=O) groups is 2. The first-order valence-corrected chi connectivity index (χ1v) is 13.3. The Labute approximate surface area is 207 Å². The number of hydrogen-bond acceptors (Lipinski definition) is 3. The van der Waals surface area contributed by atoms with Crippen LogP contribution >= 0.6 is 23.4 Å². The SMILES string of the molecule is Cc1cc(C)cc(CSCC(=O)N(Cc2ccccc2Cl)[C@H](C)C(=O)NC2CCCCC2)c1. The minimum absolute atomic E-state index is 0.0458. The van der Waals surface area contributed by atoms with Crippen LogP contribution in [0.5, 0.6) is 0 Å². The van der Waals surface area contributed by atoms with Gasteiger partial charge in [0, 0.05) is 23.4 Å². The van der Waals surface area contributed by atoms with Crippen LogP contribution in [0.3, 0.4) is 0 Å². The van der Waals surface area contributed by atoms with Crippen molar-refractivity contribution in [3.8, 4) is 0 Å². The predicted molar refractivity (Wildman–Crippen MR) is 139 cm³/mol. The number of halogens is 1. The van der Waals surface area contributed by atoms with Gasteiger partial charge in [-0.2, -0.15) is 0 Å². The molecule has 0 saturated heterocycles. The highest BCUT2D eigenvalue weighted by atomic mass is 35.5. The zero-order chi connectivity index (χ0) is 23.8. The second kappa shape index (κ2) is 12.5. The van der Waals surface area contributed by atoms with E-state index in [1.54, 1.807) is 16.7 Å². The van der Waals surface area contributed by atoms with Crippen LogP contribution in [0.25, 0.3) is 0 Å². The van der Waals surface area contributed by atoms with Gasteiger partial charge in [-0.25, -0.2) is 0 Å². The maximum Gasteiger partial charge on any atom is 0.242 e. The van der Waals surface area contributed by atoms with Crippen LogP contribution in [0.2, 0.25) is 5.02 Å². The Balaban J connectivity index is 1.67. The number of nitrogens with one attached hydrogen (secondary N) is 1. The van der Waals surface area contributed by atoms with Crippen molar-refractivity contribution in [2.45, 2.75) is 77.3 Å². The first-order valence-electron chi connectivity index (χ1n) is 11.8. The summed E-state index contributed by atoms with van der Waals surface area (Å²) in [5.74, 6) is 0.951. The van der Waals surface area contributed by atoms with Crippen LogP contribution in [0.15, 0.2) is 42.5 Å². The summed E-state index contributed by atoms with van der Waals surface area (Å²) >= 11 is 7.97. The molecule has 0 aliphatic heterocycles. The first-order chi connectivity index (χ1) is 15.8. The molecule has 1 fully saturated rings. The van der Waals surface area contributed by atoms with E-state index in [0.717, 1.165) is 37.0 Å². The van der Waals surface area contributed by atoms with Crippen LogP contribution in [-0.2, 0) is 21.9 Å². The molecular formula is C27H35ClN2O2S. The van der Waals surface area contributed by atoms with Gasteiger partial charge < -0.3 is 10.2 Å². The summed E-state index contributed by atoms with van der Waals surface area (Å²) in [6.07, 6.45) is 5.56. The van der Waals surface area contributed by atoms with E-state index in [4.69, 9.17) is 11.6 Å². The molecule has 178 valence electrons. The summed E-state index contributed by atoms with van der Waals surface area (Å²) in [6.45, 7) is 6.32. The molecule has 2 amide bonds. The molecule has 0 heterocycles. The first kappa shape index (κ1) is 25.6. The van der Waals surface area contributed by atoms with Gasteiger partial charge in [0.25, 0.3) is 0 Å². The van der Waals surface area contributed by atoms with E-state index in [1.807, 2.05) is 31.2 Å². The van der Waals surface area contributed by atoms with Gasteiger partial charge in [0.15, 0.2) is 0 Å². The van der Waals surface area contributed by atoms with E-state index in [1.165, 1.54) is 23.1 Å². The Kier molecular flexibility index (Phi) is 9.69. The van der Waals surface area contributed by atoms with Gasteiger partial charge in [0.2, 0.25) is 11.8 Å². The molecule has 3 rings (SSSR count). The smallest absolute Gasteiger partial charge is 0.242 e. The molecule has 6 heteroatoms. The number of rotatable bonds is 9. The molecule has 1 N–H and O–H groups in total. The van der Waals surface area contributed by atoms with E-state index in [0.29, 0.717) is 17.3 Å². The van der Waals surface area contributed by atoms with E-state index in [9.17, 15) is 9.59 Å². The van der Waals surface area contributed by atoms with Crippen LogP contribution in [0.4, 0.5) is 0 Å². The third-order valence-electron chi connectivity index (χ3n) is 6.19. The van der Waals surface area contributed by atoms with Gasteiger partial charge in [-0.1, -0.05) is 78.4 Å². The van der Waals surface area contributed by atoms with E-state index < -0.39 is 6.04 Å². The standard InChI is InChI=1S/C27H35ClN2O2S/c1-19-13-20(2)15-22(14-19)17-33-18-26(31)30(16-23-9-7-8-12-25(23)28)21(3)27(32)29-24-10-5-4-6-11-24/h7-9,12-15,21,24H,4-6,10-11,16-18H2,1-3H3,(H,29,32)/t21-/m1/s1. The summed E-state index contributed by atoms with van der Waals surface area (Å²) in [5.41, 5.74) is 4.52. The van der Waals surface area contributed by atoms with Crippen molar-refractivity contribution < 1.29 is 9.59 Å². The molecular weight excluding hydrogens is 452 g/mol. The lowest BCUT2D eigenvalue weighted by Crippen LogP contribution is -2.50. The number of nitrogens with zero attached hydrogens (tertiary/aromatic N) is 1. The van der Waals surface area contributed by atoms with Gasteiger partial charge in [-0.05, 0) is 50.8 Å². The van der Waals surface area contributed by atoms with Crippen molar-refractivity contribution in [1.82, 2.24) is 10.2 Å². The number of amides is 2. The maximum absolute atomic E-state index is 13.3. The summed E-state index contributed by atoms with van der Waals surface area (Å²) in [4.78, 5) is 28.0. The van der Waals surface area contributed by atoms with Crippen LogP contribution in [0, 0.1) is 13.8 Å². The molecule has 0 unspecified atom stereocenters. The zero-order valence-electron chi connectivity index (χ0n) is 19.9. The van der Waals surface area contributed by atoms with Crippen LogP contribution in [0.1, 0.15) is 61.3 Å². The fraction of sp³-hybridized carbons (Fsp3) is 0.481. The van der Waals surface area contributed by atoms with Gasteiger partial charge in [-0.15, -0.1) is 11.8 Å². The molecule has 0 bridgehead atoms. The van der Waals surface area contributed by atoms with Crippen LogP contribution < -0.4 is 5.32 Å². The average Bonchev–Trinajstić information content (AvgIpc) is 2.78. The minimum Gasteiger partial charge on any atom is -0.352 e. The summed E-state index contributed by atoms with van der Waals surface area (Å²) < 4.78 is 0. The Bertz CT molecular complexity index is 939. The molecule has 33 heavy (non-hydrogen) atoms. The summed E-state index contributed by atoms with van der Waals surface area (Å²) in [6, 6.07) is 13.6. The van der Waals surface area contributed by atoms with Crippen molar-refractivity contribution in [2.24, 2.45) is 0 Å². The number of thioether (sulfide) groups is 1. The molecule has 1 saturated carbocycles. The average molecular weight is 487 g/mol. The highest BCUT2D eigenvalue weighted by Crippen LogP contribution is 2.22. The second-order valence-corrected chi connectivity index (χ2v) is 10.5. The number of hydrogen-bond donors (Lipinski definition) is 1. The molecule has 0 spiro atoms. The van der Waals surface area contributed by atoms with Gasteiger partial charge >= 0.3 is 0 Å². The maximum atomic E-state index is 13.3. The fourth-order valence-corrected chi connectivity index (χ4v) is 5.49. The Morgan fingerprint density at radius 2 is 1.76 bits per heavy atom. The highest BCUT2D eigenvalue weighted by molar-refractivity contribution is 7.99. The normalized spacial score (nSPS) is 15.2. The fourth-order valence-electron chi connectivity index (χ4n) is 4.45. The molecule has 1 atom stereocenters. The Morgan fingerprint density at radius 1 is 1.09 bits per heavy atom. The third-order valence-corrected chi connectivity index (χ3v) is 7.55. The second-order valence-electron chi connectivity index (χ2n) is 9.12. The molecule has 1 aliphatic carbocycles. The minimum atomic E-state index is -0.558. The lowest BCUT2D eigenvalue weighted by atomic mass is 9.95. The largest absolute Gasteiger partial charge is 0.352 e. The number of aryl methyl sites for hydroxylation is 2. The Hall–Kier alpha value is -1.98. The Morgan fingerprint density at radius 3 is 2.42 bits per heavy atom. The third kappa shape index (κ3) is 7.79. The van der Waals surface area contributed by atoms with Crippen molar-refractivity contribution >= 4 is 35.2 Å². The zero-order valence-corrected chi connectivity index (χ0v) is 21.5. The van der Waals surface area contributed by atoms with Crippen molar-refractivity contribution in [2.75, 3.05) is 5.75 Å². The summed E-state index contributed by atoms with van der Waals surface area (Å²) in [7, 11) is 0. The van der Waals surface area contributed by atoms with Crippen molar-refractivity contribution in [3.63, 3.8) is 0 Å². The quantitative estimate of drug-likeness (QED) is 0.469. The molecule has 2 aromatic rings. The topological polar surface area (TPSA) is 49.4 Å². The van der Waals surface area contributed by atoms with E-state index in [2.05, 4.69) is 37.4 Å². The predicted octanol–water partition coefficient (Wildman–Crippen LogP) is 6.06. The molecule has 4 nitrogen and oxygen atoms in total. The van der Waals surface area contributed by atoms with Gasteiger partial charge in [0.1, 0.15) is 6.04 Å². The molecule has 0 radical (unpaired) electrons. The molecule has 2 aromatic carbocycles. The number of benzene rings is 2. The van der Waals surface area contributed by atoms with Crippen molar-refractivity contribution in [1.29, 1.82) is 0 Å². The summed E-state index contributed by atoms with van der Waals surface area (Å²) in [5, 5.41) is 3.79. The lowest BCUT2D eigenvalue weighted by molar-refractivity contribution is -0.139. The highest BCUT2D eigenvalue weighted by Gasteiger charge is 2.28. The number of carbonyl (C=O) groups excluding carboxylic acids is 2. The van der Waals surface area contributed by atoms with Crippen molar-refractivity contribution in [3.05, 3.63) is 69.7 Å². The van der Waals surface area contributed by atoms with E-state index in [-0.39, 0.29) is 17.9 Å². The molecule has 0 aromatic heterocycles.